The highest BCUT2D eigenvalue weighted by Gasteiger charge is 2.27. The van der Waals surface area contributed by atoms with Crippen LogP contribution in [0.4, 0.5) is 0 Å². The van der Waals surface area contributed by atoms with E-state index in [0.717, 1.165) is 33.9 Å². The van der Waals surface area contributed by atoms with Gasteiger partial charge >= 0.3 is 0 Å². The summed E-state index contributed by atoms with van der Waals surface area (Å²) in [5, 5.41) is 0. The molecule has 0 saturated carbocycles. The Bertz CT molecular complexity index is 1200. The monoisotopic (exact) mass is 384 g/mol. The Labute approximate surface area is 168 Å². The first kappa shape index (κ1) is 17.4. The number of fused-ring (bicyclic) bond motifs is 2. The van der Waals surface area contributed by atoms with Crippen LogP contribution < -0.4 is 4.74 Å². The second kappa shape index (κ2) is 7.05. The summed E-state index contributed by atoms with van der Waals surface area (Å²) in [4.78, 5) is 24.1. The van der Waals surface area contributed by atoms with E-state index in [9.17, 15) is 4.79 Å². The molecule has 144 valence electrons. The molecule has 0 atom stereocenters. The van der Waals surface area contributed by atoms with Crippen LogP contribution in [0.3, 0.4) is 0 Å². The first-order valence-electron chi connectivity index (χ1n) is 9.53. The maximum Gasteiger partial charge on any atom is 0.271 e. The molecule has 1 amide bonds. The summed E-state index contributed by atoms with van der Waals surface area (Å²) in [5.41, 5.74) is 4.74. The third-order valence-corrected chi connectivity index (χ3v) is 5.30. The predicted molar refractivity (Wildman–Crippen MR) is 109 cm³/mol. The Morgan fingerprint density at radius 3 is 2.76 bits per heavy atom. The van der Waals surface area contributed by atoms with Crippen LogP contribution in [0.5, 0.6) is 5.75 Å². The Balaban J connectivity index is 1.34. The van der Waals surface area contributed by atoms with Crippen LogP contribution in [0.25, 0.3) is 5.52 Å². The number of hydrogen-bond acceptors (Lipinski definition) is 4. The fourth-order valence-corrected chi connectivity index (χ4v) is 3.74. The molecule has 0 radical (unpaired) electrons. The number of benzene rings is 1. The highest BCUT2D eigenvalue weighted by molar-refractivity contribution is 5.94. The van der Waals surface area contributed by atoms with Gasteiger partial charge in [-0.3, -0.25) is 4.79 Å². The molecule has 0 unspecified atom stereocenters. The first-order valence-corrected chi connectivity index (χ1v) is 9.53. The average molecular weight is 384 g/mol. The van der Waals surface area contributed by atoms with E-state index in [0.29, 0.717) is 25.2 Å². The maximum absolute atomic E-state index is 13.1. The summed E-state index contributed by atoms with van der Waals surface area (Å²) in [6.45, 7) is 1.05. The van der Waals surface area contributed by atoms with Gasteiger partial charge in [0.1, 0.15) is 17.3 Å². The third-order valence-electron chi connectivity index (χ3n) is 5.30. The molecule has 0 saturated heterocycles. The lowest BCUT2D eigenvalue weighted by Gasteiger charge is -2.14. The number of carbonyl (C=O) groups is 1. The number of hydrogen-bond donors (Lipinski definition) is 0. The van der Waals surface area contributed by atoms with Gasteiger partial charge in [0.15, 0.2) is 0 Å². The molecule has 4 heterocycles. The second-order valence-electron chi connectivity index (χ2n) is 7.16. The molecule has 1 aliphatic heterocycles. The van der Waals surface area contributed by atoms with Gasteiger partial charge in [0.25, 0.3) is 5.91 Å². The van der Waals surface area contributed by atoms with Crippen molar-refractivity contribution in [1.29, 1.82) is 0 Å². The summed E-state index contributed by atoms with van der Waals surface area (Å²) in [6.07, 6.45) is 4.41. The summed E-state index contributed by atoms with van der Waals surface area (Å²) in [5.74, 6) is 1.60. The Kier molecular flexibility index (Phi) is 4.24. The molecular weight excluding hydrogens is 364 g/mol. The smallest absolute Gasteiger partial charge is 0.271 e. The van der Waals surface area contributed by atoms with Crippen molar-refractivity contribution < 1.29 is 9.53 Å². The normalized spacial score (nSPS) is 12.9. The molecule has 0 bridgehead atoms. The molecule has 29 heavy (non-hydrogen) atoms. The molecule has 3 aromatic heterocycles. The van der Waals surface area contributed by atoms with Crippen LogP contribution in [0.2, 0.25) is 0 Å². The highest BCUT2D eigenvalue weighted by atomic mass is 16.5. The number of methoxy groups -OCH3 is 1. The van der Waals surface area contributed by atoms with E-state index >= 15 is 0 Å². The van der Waals surface area contributed by atoms with E-state index in [1.54, 1.807) is 7.11 Å². The number of nitrogens with zero attached hydrogens (tertiary/aromatic N) is 4. The summed E-state index contributed by atoms with van der Waals surface area (Å²) < 4.78 is 7.12. The largest absolute Gasteiger partial charge is 0.497 e. The number of aromatic nitrogens is 3. The van der Waals surface area contributed by atoms with Crippen LogP contribution >= 0.6 is 0 Å². The van der Waals surface area contributed by atoms with Crippen LogP contribution in [-0.2, 0) is 19.5 Å². The van der Waals surface area contributed by atoms with Crippen LogP contribution in [0.1, 0.15) is 33.1 Å². The minimum atomic E-state index is 0.00547. The van der Waals surface area contributed by atoms with E-state index in [-0.39, 0.29) is 5.91 Å². The lowest BCUT2D eigenvalue weighted by molar-refractivity contribution is 0.0743. The van der Waals surface area contributed by atoms with Gasteiger partial charge in [0.05, 0.1) is 19.3 Å². The zero-order valence-corrected chi connectivity index (χ0v) is 16.1. The van der Waals surface area contributed by atoms with Gasteiger partial charge in [-0.15, -0.1) is 0 Å². The lowest BCUT2D eigenvalue weighted by Crippen LogP contribution is -2.26. The molecule has 0 spiro atoms. The van der Waals surface area contributed by atoms with Gasteiger partial charge in [0, 0.05) is 36.4 Å². The first-order chi connectivity index (χ1) is 14.2. The van der Waals surface area contributed by atoms with E-state index < -0.39 is 0 Å². The molecule has 1 aromatic carbocycles. The Morgan fingerprint density at radius 1 is 1.07 bits per heavy atom. The van der Waals surface area contributed by atoms with Crippen molar-refractivity contribution in [2.75, 3.05) is 7.11 Å². The van der Waals surface area contributed by atoms with Crippen LogP contribution in [0, 0.1) is 0 Å². The van der Waals surface area contributed by atoms with Crippen molar-refractivity contribution in [2.45, 2.75) is 19.5 Å². The van der Waals surface area contributed by atoms with Gasteiger partial charge in [-0.2, -0.15) is 0 Å². The number of amides is 1. The van der Waals surface area contributed by atoms with Crippen molar-refractivity contribution in [2.24, 2.45) is 0 Å². The molecule has 0 fully saturated rings. The zero-order chi connectivity index (χ0) is 19.8. The molecule has 4 aromatic rings. The van der Waals surface area contributed by atoms with Gasteiger partial charge in [0.2, 0.25) is 0 Å². The van der Waals surface area contributed by atoms with Gasteiger partial charge in [-0.1, -0.05) is 18.2 Å². The third kappa shape index (κ3) is 3.23. The van der Waals surface area contributed by atoms with E-state index in [1.807, 2.05) is 76.3 Å². The van der Waals surface area contributed by atoms with Crippen LogP contribution in [-0.4, -0.2) is 32.3 Å². The maximum atomic E-state index is 13.1. The van der Waals surface area contributed by atoms with Crippen molar-refractivity contribution in [3.8, 4) is 5.75 Å². The van der Waals surface area contributed by atoms with E-state index in [2.05, 4.69) is 4.98 Å². The Morgan fingerprint density at radius 2 is 1.93 bits per heavy atom. The van der Waals surface area contributed by atoms with Crippen molar-refractivity contribution in [1.82, 2.24) is 19.3 Å². The second-order valence-corrected chi connectivity index (χ2v) is 7.16. The fraction of sp³-hybridized carbons (Fsp3) is 0.174. The number of rotatable bonds is 4. The molecular formula is C23H20N4O2. The summed E-state index contributed by atoms with van der Waals surface area (Å²) in [7, 11) is 1.66. The number of carbonyl (C=O) groups excluding carboxylic acids is 1. The summed E-state index contributed by atoms with van der Waals surface area (Å²) >= 11 is 0. The highest BCUT2D eigenvalue weighted by Crippen LogP contribution is 2.24. The van der Waals surface area contributed by atoms with Crippen molar-refractivity contribution in [3.63, 3.8) is 0 Å². The number of ether oxygens (including phenoxy) is 1. The Hall–Kier alpha value is -3.67. The minimum absolute atomic E-state index is 0.00547. The van der Waals surface area contributed by atoms with Crippen molar-refractivity contribution in [3.05, 3.63) is 95.3 Å². The fourth-order valence-electron chi connectivity index (χ4n) is 3.74. The van der Waals surface area contributed by atoms with Gasteiger partial charge < -0.3 is 14.0 Å². The van der Waals surface area contributed by atoms with Crippen LogP contribution in [0.15, 0.2) is 67.0 Å². The molecule has 6 nitrogen and oxygen atoms in total. The van der Waals surface area contributed by atoms with Gasteiger partial charge in [-0.25, -0.2) is 9.97 Å². The molecule has 0 aliphatic carbocycles. The molecule has 0 N–H and O–H groups in total. The number of pyridine rings is 1. The minimum Gasteiger partial charge on any atom is -0.497 e. The lowest BCUT2D eigenvalue weighted by atomic mass is 10.1. The molecule has 6 heteroatoms. The molecule has 1 aliphatic rings. The SMILES string of the molecule is COc1ccc(Cc2ncc3c(n2)CN(C(=O)c2ccc4ccccn24)C3)cc1. The quantitative estimate of drug-likeness (QED) is 0.540. The average Bonchev–Trinajstić information content (AvgIpc) is 3.38. The van der Waals surface area contributed by atoms with Crippen molar-refractivity contribution >= 4 is 11.4 Å². The molecule has 5 rings (SSSR count). The topological polar surface area (TPSA) is 59.7 Å². The predicted octanol–water partition coefficient (Wildman–Crippen LogP) is 3.48. The standard InChI is InChI=1S/C23H20N4O2/c1-29-19-8-5-16(6-9-19)12-22-24-13-17-14-26(15-20(17)25-22)23(28)21-10-7-18-4-2-3-11-27(18)21/h2-11,13H,12,14-15H2,1H3. The zero-order valence-electron chi connectivity index (χ0n) is 16.1. The van der Waals surface area contributed by atoms with E-state index in [1.165, 1.54) is 0 Å². The summed E-state index contributed by atoms with van der Waals surface area (Å²) in [6, 6.07) is 17.6. The van der Waals surface area contributed by atoms with E-state index in [4.69, 9.17) is 9.72 Å². The van der Waals surface area contributed by atoms with Gasteiger partial charge in [-0.05, 0) is 42.0 Å².